The first-order chi connectivity index (χ1) is 11.3. The van der Waals surface area contributed by atoms with E-state index in [-0.39, 0.29) is 0 Å². The molecule has 0 radical (unpaired) electrons. The molecule has 0 saturated carbocycles. The minimum Gasteiger partial charge on any atom is -0.0620 e. The quantitative estimate of drug-likeness (QED) is 0.594. The van der Waals surface area contributed by atoms with Gasteiger partial charge in [0, 0.05) is 0 Å². The van der Waals surface area contributed by atoms with Crippen LogP contribution in [0.1, 0.15) is 20.3 Å². The molecule has 23 heavy (non-hydrogen) atoms. The van der Waals surface area contributed by atoms with Crippen molar-refractivity contribution in [3.05, 3.63) is 91.0 Å². The number of hydrogen-bond acceptors (Lipinski definition) is 0. The summed E-state index contributed by atoms with van der Waals surface area (Å²) in [6, 6.07) is 33.3. The van der Waals surface area contributed by atoms with Gasteiger partial charge in [0.05, 0.1) is 5.66 Å². The zero-order valence-electron chi connectivity index (χ0n) is 13.9. The van der Waals surface area contributed by atoms with Crippen LogP contribution in [0.5, 0.6) is 0 Å². The zero-order chi connectivity index (χ0) is 16.1. The minimum absolute atomic E-state index is 0.606. The lowest BCUT2D eigenvalue weighted by molar-refractivity contribution is 0.893. The fourth-order valence-corrected chi connectivity index (χ4v) is 8.37. The molecule has 0 heterocycles. The van der Waals surface area contributed by atoms with E-state index in [9.17, 15) is 0 Å². The highest BCUT2D eigenvalue weighted by molar-refractivity contribution is 7.96. The number of hydrogen-bond donors (Lipinski definition) is 0. The van der Waals surface area contributed by atoms with E-state index < -0.39 is 7.26 Å². The third kappa shape index (κ3) is 2.84. The lowest BCUT2D eigenvalue weighted by atomic mass is 10.3. The average Bonchev–Trinajstić information content (AvgIpc) is 2.65. The zero-order valence-corrected chi connectivity index (χ0v) is 14.8. The van der Waals surface area contributed by atoms with Crippen LogP contribution < -0.4 is 15.9 Å². The van der Waals surface area contributed by atoms with Gasteiger partial charge in [-0.25, -0.2) is 0 Å². The first-order valence-corrected chi connectivity index (χ1v) is 10.2. The first-order valence-electron chi connectivity index (χ1n) is 8.35. The smallest absolute Gasteiger partial charge is 0.0620 e. The van der Waals surface area contributed by atoms with Crippen LogP contribution in [0.25, 0.3) is 0 Å². The van der Waals surface area contributed by atoms with Crippen LogP contribution in [-0.4, -0.2) is 5.66 Å². The maximum atomic E-state index is 2.42. The predicted molar refractivity (Wildman–Crippen MR) is 105 cm³/mol. The normalized spacial score (nSPS) is 12.8. The second-order valence-electron chi connectivity index (χ2n) is 5.99. The van der Waals surface area contributed by atoms with E-state index in [1.807, 2.05) is 0 Å². The van der Waals surface area contributed by atoms with Gasteiger partial charge in [0.2, 0.25) is 0 Å². The monoisotopic (exact) mass is 319 g/mol. The van der Waals surface area contributed by atoms with Crippen LogP contribution in [0.15, 0.2) is 91.0 Å². The van der Waals surface area contributed by atoms with E-state index in [1.54, 1.807) is 0 Å². The van der Waals surface area contributed by atoms with Crippen LogP contribution in [0.2, 0.25) is 0 Å². The molecular weight excluding hydrogens is 295 g/mol. The predicted octanol–water partition coefficient (Wildman–Crippen LogP) is 4.78. The molecule has 116 valence electrons. The average molecular weight is 319 g/mol. The Morgan fingerprint density at radius 2 is 0.913 bits per heavy atom. The van der Waals surface area contributed by atoms with Crippen molar-refractivity contribution in [2.45, 2.75) is 25.9 Å². The summed E-state index contributed by atoms with van der Waals surface area (Å²) in [6.07, 6.45) is 1.17. The largest absolute Gasteiger partial charge is 0.114 e. The molecule has 0 N–H and O–H groups in total. The summed E-state index contributed by atoms with van der Waals surface area (Å²) in [6.45, 7) is 4.73. The Kier molecular flexibility index (Phi) is 4.94. The maximum absolute atomic E-state index is 2.42. The molecule has 3 aromatic carbocycles. The van der Waals surface area contributed by atoms with Gasteiger partial charge in [-0.15, -0.1) is 0 Å². The van der Waals surface area contributed by atoms with Crippen LogP contribution in [0.4, 0.5) is 0 Å². The molecule has 0 fully saturated rings. The van der Waals surface area contributed by atoms with Gasteiger partial charge in [0.15, 0.2) is 0 Å². The van der Waals surface area contributed by atoms with E-state index in [0.717, 1.165) is 0 Å². The van der Waals surface area contributed by atoms with Crippen LogP contribution >= 0.6 is 7.26 Å². The molecule has 0 aliphatic heterocycles. The molecule has 1 atom stereocenters. The Labute approximate surface area is 140 Å². The summed E-state index contributed by atoms with van der Waals surface area (Å²) in [7, 11) is -1.64. The van der Waals surface area contributed by atoms with Gasteiger partial charge in [0.25, 0.3) is 0 Å². The van der Waals surface area contributed by atoms with Crippen molar-refractivity contribution in [3.63, 3.8) is 0 Å². The van der Waals surface area contributed by atoms with E-state index in [1.165, 1.54) is 22.3 Å². The maximum Gasteiger partial charge on any atom is 0.114 e. The summed E-state index contributed by atoms with van der Waals surface area (Å²) >= 11 is 0. The molecule has 0 amide bonds. The van der Waals surface area contributed by atoms with Gasteiger partial charge in [-0.3, -0.25) is 0 Å². The van der Waals surface area contributed by atoms with Crippen LogP contribution in [-0.2, 0) is 0 Å². The number of benzene rings is 3. The second kappa shape index (κ2) is 7.11. The minimum atomic E-state index is -1.64. The Morgan fingerprint density at radius 1 is 0.609 bits per heavy atom. The van der Waals surface area contributed by atoms with Gasteiger partial charge >= 0.3 is 0 Å². The van der Waals surface area contributed by atoms with Crippen LogP contribution in [0.3, 0.4) is 0 Å². The molecule has 0 nitrogen and oxygen atoms in total. The van der Waals surface area contributed by atoms with Crippen molar-refractivity contribution in [2.75, 3.05) is 0 Å². The van der Waals surface area contributed by atoms with E-state index in [4.69, 9.17) is 0 Å². The van der Waals surface area contributed by atoms with E-state index >= 15 is 0 Å². The summed E-state index contributed by atoms with van der Waals surface area (Å²) in [4.78, 5) is 0. The molecule has 0 aromatic heterocycles. The van der Waals surface area contributed by atoms with Crippen molar-refractivity contribution in [1.82, 2.24) is 0 Å². The van der Waals surface area contributed by atoms with Gasteiger partial charge in [-0.1, -0.05) is 61.5 Å². The molecular formula is C22H24P+. The summed E-state index contributed by atoms with van der Waals surface area (Å²) in [5.41, 5.74) is 0.606. The molecule has 0 aliphatic carbocycles. The van der Waals surface area contributed by atoms with Gasteiger partial charge < -0.3 is 0 Å². The summed E-state index contributed by atoms with van der Waals surface area (Å²) < 4.78 is 0. The third-order valence-corrected chi connectivity index (χ3v) is 9.77. The second-order valence-corrected chi connectivity index (χ2v) is 9.86. The Morgan fingerprint density at radius 3 is 1.17 bits per heavy atom. The van der Waals surface area contributed by atoms with E-state index in [2.05, 4.69) is 105 Å². The fraction of sp³-hybridized carbons (Fsp3) is 0.182. The topological polar surface area (TPSA) is 0 Å². The molecule has 0 spiro atoms. The Balaban J connectivity index is 2.35. The summed E-state index contributed by atoms with van der Waals surface area (Å²) in [5.74, 6) is 0. The standard InChI is InChI=1S/C22H24P/c1-3-19(2)23(20-13-7-4-8-14-20,21-15-9-5-10-16-21)22-17-11-6-12-18-22/h4-19H,3H2,1-2H3/q+1/t19-/m1/s1. The molecule has 0 bridgehead atoms. The van der Waals surface area contributed by atoms with Crippen molar-refractivity contribution in [3.8, 4) is 0 Å². The molecule has 3 aromatic rings. The highest BCUT2D eigenvalue weighted by Crippen LogP contribution is 2.60. The highest BCUT2D eigenvalue weighted by Gasteiger charge is 2.49. The van der Waals surface area contributed by atoms with Crippen molar-refractivity contribution >= 4 is 23.2 Å². The Bertz CT molecular complexity index is 623. The van der Waals surface area contributed by atoms with Gasteiger partial charge in [-0.2, -0.15) is 0 Å². The SMILES string of the molecule is CC[C@@H](C)[P+](c1ccccc1)(c1ccccc1)c1ccccc1. The molecule has 0 aliphatic rings. The van der Waals surface area contributed by atoms with Gasteiger partial charge in [-0.05, 0) is 49.7 Å². The lowest BCUT2D eigenvalue weighted by Crippen LogP contribution is -2.37. The fourth-order valence-electron chi connectivity index (χ4n) is 3.47. The number of rotatable bonds is 5. The molecule has 0 saturated heterocycles. The van der Waals surface area contributed by atoms with Crippen molar-refractivity contribution in [1.29, 1.82) is 0 Å². The first kappa shape index (κ1) is 16.0. The van der Waals surface area contributed by atoms with Crippen molar-refractivity contribution < 1.29 is 0 Å². The van der Waals surface area contributed by atoms with E-state index in [0.29, 0.717) is 5.66 Å². The third-order valence-electron chi connectivity index (χ3n) is 4.74. The summed E-state index contributed by atoms with van der Waals surface area (Å²) in [5, 5.41) is 4.44. The molecule has 1 heteroatoms. The Hall–Kier alpha value is -1.91. The lowest BCUT2D eigenvalue weighted by Gasteiger charge is -2.32. The molecule has 0 unspecified atom stereocenters. The van der Waals surface area contributed by atoms with Crippen LogP contribution in [0, 0.1) is 0 Å². The molecule has 3 rings (SSSR count). The highest BCUT2D eigenvalue weighted by atomic mass is 31.2. The van der Waals surface area contributed by atoms with Crippen molar-refractivity contribution in [2.24, 2.45) is 0 Å². The van der Waals surface area contributed by atoms with Gasteiger partial charge in [0.1, 0.15) is 23.2 Å².